The second kappa shape index (κ2) is 5.91. The number of pyridine rings is 1. The Balaban J connectivity index is 2.02. The first-order valence-corrected chi connectivity index (χ1v) is 6.26. The summed E-state index contributed by atoms with van der Waals surface area (Å²) < 4.78 is 0. The molecule has 0 saturated heterocycles. The van der Waals surface area contributed by atoms with Gasteiger partial charge in [-0.15, -0.1) is 0 Å². The minimum atomic E-state index is -0.253. The molecular weight excluding hydrogens is 285 g/mol. The van der Waals surface area contributed by atoms with Crippen LogP contribution >= 0.6 is 23.2 Å². The lowest BCUT2D eigenvalue weighted by atomic mass is 10.2. The average Bonchev–Trinajstić information content (AvgIpc) is 2.40. The fraction of sp³-hybridized carbons (Fsp3) is 0.0769. The average molecular weight is 296 g/mol. The molecule has 0 aliphatic rings. The van der Waals surface area contributed by atoms with Gasteiger partial charge in [-0.3, -0.25) is 20.6 Å². The van der Waals surface area contributed by atoms with Crippen molar-refractivity contribution in [2.75, 3.05) is 5.43 Å². The molecule has 0 spiro atoms. The second-order valence-electron chi connectivity index (χ2n) is 3.89. The molecule has 98 valence electrons. The number of halogens is 2. The summed E-state index contributed by atoms with van der Waals surface area (Å²) in [5.41, 5.74) is 7.29. The van der Waals surface area contributed by atoms with Gasteiger partial charge in [0.05, 0.1) is 15.7 Å². The van der Waals surface area contributed by atoms with Crippen LogP contribution in [-0.4, -0.2) is 10.9 Å². The molecule has 0 bridgehead atoms. The zero-order valence-corrected chi connectivity index (χ0v) is 11.6. The highest BCUT2D eigenvalue weighted by Crippen LogP contribution is 2.24. The molecule has 0 aliphatic heterocycles. The smallest absolute Gasteiger partial charge is 0.269 e. The van der Waals surface area contributed by atoms with Gasteiger partial charge in [-0.2, -0.15) is 0 Å². The Bertz CT molecular complexity index is 617. The highest BCUT2D eigenvalue weighted by molar-refractivity contribution is 6.42. The number of carbonyl (C=O) groups excluding carboxylic acids is 1. The molecule has 2 rings (SSSR count). The first-order valence-electron chi connectivity index (χ1n) is 5.50. The molecule has 1 amide bonds. The summed E-state index contributed by atoms with van der Waals surface area (Å²) in [4.78, 5) is 15.9. The lowest BCUT2D eigenvalue weighted by Gasteiger charge is -2.09. The quantitative estimate of drug-likeness (QED) is 0.853. The van der Waals surface area contributed by atoms with E-state index >= 15 is 0 Å². The van der Waals surface area contributed by atoms with E-state index < -0.39 is 0 Å². The molecule has 4 nitrogen and oxygen atoms in total. The van der Waals surface area contributed by atoms with E-state index in [4.69, 9.17) is 23.2 Å². The Kier molecular flexibility index (Phi) is 4.24. The van der Waals surface area contributed by atoms with Crippen LogP contribution in [0.1, 0.15) is 16.1 Å². The molecule has 1 heterocycles. The number of nitrogens with zero attached hydrogens (tertiary/aromatic N) is 1. The van der Waals surface area contributed by atoms with Crippen molar-refractivity contribution in [1.82, 2.24) is 10.4 Å². The molecule has 0 unspecified atom stereocenters. The van der Waals surface area contributed by atoms with Crippen molar-refractivity contribution in [2.45, 2.75) is 6.92 Å². The third kappa shape index (κ3) is 3.59. The molecule has 0 aliphatic carbocycles. The first kappa shape index (κ1) is 13.6. The number of aryl methyl sites for hydroxylation is 1. The summed E-state index contributed by atoms with van der Waals surface area (Å²) in [5, 5.41) is 0.879. The van der Waals surface area contributed by atoms with Crippen LogP contribution in [0.15, 0.2) is 36.5 Å². The Morgan fingerprint density at radius 1 is 1.16 bits per heavy atom. The number of carbonyl (C=O) groups is 1. The molecule has 0 fully saturated rings. The summed E-state index contributed by atoms with van der Waals surface area (Å²) >= 11 is 11.7. The summed E-state index contributed by atoms with van der Waals surface area (Å²) in [6.07, 6.45) is 1.59. The minimum absolute atomic E-state index is 0.253. The van der Waals surface area contributed by atoms with E-state index in [0.717, 1.165) is 5.69 Å². The fourth-order valence-electron chi connectivity index (χ4n) is 1.46. The van der Waals surface area contributed by atoms with Crippen LogP contribution in [0.25, 0.3) is 0 Å². The van der Waals surface area contributed by atoms with Crippen LogP contribution in [0.2, 0.25) is 10.0 Å². The van der Waals surface area contributed by atoms with Gasteiger partial charge in [-0.25, -0.2) is 0 Å². The molecule has 1 aromatic heterocycles. The van der Waals surface area contributed by atoms with Gasteiger partial charge in [-0.05, 0) is 37.3 Å². The number of amides is 1. The van der Waals surface area contributed by atoms with Crippen LogP contribution < -0.4 is 10.9 Å². The third-order valence-electron chi connectivity index (χ3n) is 2.40. The highest BCUT2D eigenvalue weighted by atomic mass is 35.5. The molecule has 0 saturated carbocycles. The van der Waals surface area contributed by atoms with Gasteiger partial charge in [-0.1, -0.05) is 23.2 Å². The zero-order chi connectivity index (χ0) is 13.8. The van der Waals surface area contributed by atoms with Crippen molar-refractivity contribution in [3.63, 3.8) is 0 Å². The second-order valence-corrected chi connectivity index (χ2v) is 4.71. The van der Waals surface area contributed by atoms with Crippen LogP contribution in [0.3, 0.4) is 0 Å². The molecule has 1 aromatic carbocycles. The summed E-state index contributed by atoms with van der Waals surface area (Å²) in [6, 6.07) is 8.33. The van der Waals surface area contributed by atoms with Crippen molar-refractivity contribution < 1.29 is 4.79 Å². The van der Waals surface area contributed by atoms with Gasteiger partial charge in [0.25, 0.3) is 5.91 Å². The lowest BCUT2D eigenvalue weighted by molar-refractivity contribution is 0.0962. The van der Waals surface area contributed by atoms with E-state index in [2.05, 4.69) is 15.8 Å². The van der Waals surface area contributed by atoms with Crippen molar-refractivity contribution in [1.29, 1.82) is 0 Å². The Morgan fingerprint density at radius 2 is 1.95 bits per heavy atom. The van der Waals surface area contributed by atoms with Crippen molar-refractivity contribution >= 4 is 34.8 Å². The maximum absolute atomic E-state index is 11.9. The Morgan fingerprint density at radius 3 is 2.63 bits per heavy atom. The van der Waals surface area contributed by atoms with Gasteiger partial charge >= 0.3 is 0 Å². The van der Waals surface area contributed by atoms with Gasteiger partial charge in [0.2, 0.25) is 0 Å². The lowest BCUT2D eigenvalue weighted by Crippen LogP contribution is -2.29. The van der Waals surface area contributed by atoms with E-state index in [9.17, 15) is 4.79 Å². The molecule has 0 atom stereocenters. The monoisotopic (exact) mass is 295 g/mol. The minimum Gasteiger partial charge on any atom is -0.298 e. The van der Waals surface area contributed by atoms with Crippen molar-refractivity contribution in [3.05, 3.63) is 57.8 Å². The summed E-state index contributed by atoms with van der Waals surface area (Å²) in [6.45, 7) is 1.82. The predicted octanol–water partition coefficient (Wildman–Crippen LogP) is 3.45. The summed E-state index contributed by atoms with van der Waals surface area (Å²) in [7, 11) is 0. The molecular formula is C13H11Cl2N3O. The first-order chi connectivity index (χ1) is 9.06. The van der Waals surface area contributed by atoms with Crippen LogP contribution in [0, 0.1) is 6.92 Å². The molecule has 0 radical (unpaired) electrons. The maximum Gasteiger partial charge on any atom is 0.269 e. The van der Waals surface area contributed by atoms with Crippen molar-refractivity contribution in [3.8, 4) is 0 Å². The molecule has 6 heteroatoms. The van der Waals surface area contributed by atoms with E-state index in [1.54, 1.807) is 36.5 Å². The van der Waals surface area contributed by atoms with E-state index in [0.29, 0.717) is 21.3 Å². The normalized spacial score (nSPS) is 10.1. The largest absolute Gasteiger partial charge is 0.298 e. The number of hydrazine groups is 1. The standard InChI is InChI=1S/C13H11Cl2N3O/c1-8-6-9(4-5-16-8)13(19)18-17-10-2-3-11(14)12(15)7-10/h2-7,17H,1H3,(H,18,19). The number of aromatic nitrogens is 1. The number of hydrogen-bond donors (Lipinski definition) is 2. The predicted molar refractivity (Wildman–Crippen MR) is 76.5 cm³/mol. The SMILES string of the molecule is Cc1cc(C(=O)NNc2ccc(Cl)c(Cl)c2)ccn1. The topological polar surface area (TPSA) is 54.0 Å². The number of benzene rings is 1. The summed E-state index contributed by atoms with van der Waals surface area (Å²) in [5.74, 6) is -0.253. The highest BCUT2D eigenvalue weighted by Gasteiger charge is 2.05. The molecule has 2 N–H and O–H groups in total. The van der Waals surface area contributed by atoms with Crippen LogP contribution in [0.4, 0.5) is 5.69 Å². The number of hydrogen-bond acceptors (Lipinski definition) is 3. The number of nitrogens with one attached hydrogen (secondary N) is 2. The number of rotatable bonds is 3. The van der Waals surface area contributed by atoms with Gasteiger partial charge in [0.15, 0.2) is 0 Å². The maximum atomic E-state index is 11.9. The van der Waals surface area contributed by atoms with Crippen LogP contribution in [-0.2, 0) is 0 Å². The molecule has 19 heavy (non-hydrogen) atoms. The molecule has 2 aromatic rings. The van der Waals surface area contributed by atoms with Gasteiger partial charge in [0, 0.05) is 17.5 Å². The van der Waals surface area contributed by atoms with E-state index in [-0.39, 0.29) is 5.91 Å². The van der Waals surface area contributed by atoms with Crippen LogP contribution in [0.5, 0.6) is 0 Å². The fourth-order valence-corrected chi connectivity index (χ4v) is 1.76. The Hall–Kier alpha value is -1.78. The third-order valence-corrected chi connectivity index (χ3v) is 3.14. The van der Waals surface area contributed by atoms with Crippen molar-refractivity contribution in [2.24, 2.45) is 0 Å². The number of anilines is 1. The van der Waals surface area contributed by atoms with Gasteiger partial charge < -0.3 is 0 Å². The Labute approximate surface area is 120 Å². The van der Waals surface area contributed by atoms with E-state index in [1.807, 2.05) is 6.92 Å². The zero-order valence-electron chi connectivity index (χ0n) is 10.1. The van der Waals surface area contributed by atoms with E-state index in [1.165, 1.54) is 0 Å². The van der Waals surface area contributed by atoms with Gasteiger partial charge in [0.1, 0.15) is 0 Å².